The molecule has 2 amide bonds. The number of amides is 2. The molecule has 2 N–H and O–H groups in total. The number of nitrogens with zero attached hydrogens (tertiary/aromatic N) is 2. The van der Waals surface area contributed by atoms with Crippen LogP contribution in [-0.2, 0) is 4.79 Å². The second-order valence-corrected chi connectivity index (χ2v) is 6.82. The number of hydrogen-bond acceptors (Lipinski definition) is 4. The molecule has 0 radical (unpaired) electrons. The van der Waals surface area contributed by atoms with Crippen LogP contribution in [0.2, 0.25) is 0 Å². The number of piperidine rings is 1. The van der Waals surface area contributed by atoms with Crippen molar-refractivity contribution in [3.63, 3.8) is 0 Å². The molecule has 0 unspecified atom stereocenters. The largest absolute Gasteiger partial charge is 0.354 e. The first-order valence-corrected chi connectivity index (χ1v) is 8.90. The van der Waals surface area contributed by atoms with E-state index in [9.17, 15) is 9.59 Å². The molecule has 1 fully saturated rings. The number of likely N-dealkylation sites (tertiary alicyclic amines) is 1. The van der Waals surface area contributed by atoms with Gasteiger partial charge in [0.25, 0.3) is 5.91 Å². The van der Waals surface area contributed by atoms with Gasteiger partial charge in [0.1, 0.15) is 0 Å². The fraction of sp³-hybridized carbons (Fsp3) is 0.350. The van der Waals surface area contributed by atoms with Gasteiger partial charge in [0.15, 0.2) is 0 Å². The van der Waals surface area contributed by atoms with E-state index in [2.05, 4.69) is 22.5 Å². The van der Waals surface area contributed by atoms with Crippen LogP contribution in [0.1, 0.15) is 37.0 Å². The Morgan fingerprint density at radius 3 is 2.54 bits per heavy atom. The van der Waals surface area contributed by atoms with Crippen LogP contribution in [-0.4, -0.2) is 34.8 Å². The van der Waals surface area contributed by atoms with Crippen molar-refractivity contribution in [2.45, 2.75) is 26.7 Å². The summed E-state index contributed by atoms with van der Waals surface area (Å²) in [7, 11) is 0. The summed E-state index contributed by atoms with van der Waals surface area (Å²) < 4.78 is 0. The summed E-state index contributed by atoms with van der Waals surface area (Å²) in [6, 6.07) is 9.22. The van der Waals surface area contributed by atoms with E-state index in [4.69, 9.17) is 0 Å². The maximum atomic E-state index is 12.7. The average molecular weight is 352 g/mol. The highest BCUT2D eigenvalue weighted by atomic mass is 16.2. The smallest absolute Gasteiger partial charge is 0.255 e. The van der Waals surface area contributed by atoms with Gasteiger partial charge in [0.05, 0.1) is 17.4 Å². The van der Waals surface area contributed by atoms with Crippen molar-refractivity contribution in [1.82, 2.24) is 9.88 Å². The topological polar surface area (TPSA) is 74.3 Å². The first kappa shape index (κ1) is 17.9. The van der Waals surface area contributed by atoms with Crippen molar-refractivity contribution in [2.24, 2.45) is 5.92 Å². The van der Waals surface area contributed by atoms with E-state index in [-0.39, 0.29) is 11.8 Å². The highest BCUT2D eigenvalue weighted by Gasteiger charge is 2.21. The van der Waals surface area contributed by atoms with Gasteiger partial charge in [-0.05, 0) is 43.0 Å². The third kappa shape index (κ3) is 4.59. The van der Waals surface area contributed by atoms with Crippen molar-refractivity contribution in [3.8, 4) is 0 Å². The zero-order chi connectivity index (χ0) is 18.5. The van der Waals surface area contributed by atoms with Crippen molar-refractivity contribution in [1.29, 1.82) is 0 Å². The van der Waals surface area contributed by atoms with Crippen LogP contribution >= 0.6 is 0 Å². The minimum absolute atomic E-state index is 0.0278. The number of rotatable bonds is 4. The summed E-state index contributed by atoms with van der Waals surface area (Å²) in [4.78, 5) is 30.0. The van der Waals surface area contributed by atoms with E-state index >= 15 is 0 Å². The molecule has 136 valence electrons. The lowest BCUT2D eigenvalue weighted by Gasteiger charge is -2.30. The van der Waals surface area contributed by atoms with E-state index in [0.29, 0.717) is 17.2 Å². The van der Waals surface area contributed by atoms with E-state index in [1.165, 1.54) is 6.92 Å². The zero-order valence-corrected chi connectivity index (χ0v) is 15.2. The van der Waals surface area contributed by atoms with Gasteiger partial charge in [-0.2, -0.15) is 0 Å². The Kier molecular flexibility index (Phi) is 5.51. The molecule has 2 heterocycles. The Morgan fingerprint density at radius 2 is 1.81 bits per heavy atom. The number of aromatic nitrogens is 1. The van der Waals surface area contributed by atoms with E-state index in [0.717, 1.165) is 37.3 Å². The molecule has 6 heteroatoms. The molecular formula is C20H24N4O2. The Bertz CT molecular complexity index is 798. The van der Waals surface area contributed by atoms with Gasteiger partial charge in [0, 0.05) is 37.6 Å². The molecular weight excluding hydrogens is 328 g/mol. The third-order valence-electron chi connectivity index (χ3n) is 4.53. The van der Waals surface area contributed by atoms with Crippen LogP contribution in [0, 0.1) is 5.92 Å². The molecule has 0 aliphatic carbocycles. The van der Waals surface area contributed by atoms with Crippen LogP contribution in [0.5, 0.6) is 0 Å². The summed E-state index contributed by atoms with van der Waals surface area (Å²) >= 11 is 0. The van der Waals surface area contributed by atoms with E-state index < -0.39 is 0 Å². The van der Waals surface area contributed by atoms with Crippen molar-refractivity contribution in [2.75, 3.05) is 23.7 Å². The first-order valence-electron chi connectivity index (χ1n) is 8.90. The van der Waals surface area contributed by atoms with Crippen LogP contribution in [0.3, 0.4) is 0 Å². The normalized spacial score (nSPS) is 14.8. The number of hydrogen-bond donors (Lipinski definition) is 2. The molecule has 1 saturated heterocycles. The lowest BCUT2D eigenvalue weighted by molar-refractivity contribution is -0.114. The molecule has 0 saturated carbocycles. The predicted molar refractivity (Wildman–Crippen MR) is 103 cm³/mol. The molecule has 2 aromatic rings. The summed E-state index contributed by atoms with van der Waals surface area (Å²) in [5.74, 6) is 0.591. The molecule has 6 nitrogen and oxygen atoms in total. The van der Waals surface area contributed by atoms with Crippen LogP contribution in [0.25, 0.3) is 0 Å². The van der Waals surface area contributed by atoms with Gasteiger partial charge >= 0.3 is 0 Å². The molecule has 1 aromatic heterocycles. The minimum atomic E-state index is -0.118. The number of pyridine rings is 1. The second kappa shape index (κ2) is 7.99. The van der Waals surface area contributed by atoms with Crippen LogP contribution in [0.15, 0.2) is 42.7 Å². The van der Waals surface area contributed by atoms with E-state index in [1.54, 1.807) is 12.4 Å². The van der Waals surface area contributed by atoms with Gasteiger partial charge in [-0.3, -0.25) is 14.6 Å². The lowest BCUT2D eigenvalue weighted by Crippen LogP contribution is -2.37. The minimum Gasteiger partial charge on any atom is -0.354 e. The molecule has 0 bridgehead atoms. The summed E-state index contributed by atoms with van der Waals surface area (Å²) in [5, 5.41) is 5.99. The maximum Gasteiger partial charge on any atom is 0.255 e. The summed E-state index contributed by atoms with van der Waals surface area (Å²) in [6.07, 6.45) is 5.39. The fourth-order valence-electron chi connectivity index (χ4n) is 3.06. The molecule has 1 aliphatic rings. The highest BCUT2D eigenvalue weighted by molar-refractivity contribution is 5.95. The molecule has 0 atom stereocenters. The molecule has 0 spiro atoms. The monoisotopic (exact) mass is 352 g/mol. The van der Waals surface area contributed by atoms with Crippen LogP contribution in [0.4, 0.5) is 17.1 Å². The zero-order valence-electron chi connectivity index (χ0n) is 15.2. The van der Waals surface area contributed by atoms with Gasteiger partial charge < -0.3 is 15.5 Å². The average Bonchev–Trinajstić information content (AvgIpc) is 2.62. The molecule has 1 aromatic carbocycles. The second-order valence-electron chi connectivity index (χ2n) is 6.82. The predicted octanol–water partition coefficient (Wildman–Crippen LogP) is 3.66. The number of carbonyl (C=O) groups excluding carboxylic acids is 2. The van der Waals surface area contributed by atoms with Crippen molar-refractivity contribution in [3.05, 3.63) is 48.3 Å². The van der Waals surface area contributed by atoms with Crippen molar-refractivity contribution >= 4 is 28.9 Å². The Morgan fingerprint density at radius 1 is 1.08 bits per heavy atom. The molecule has 26 heavy (non-hydrogen) atoms. The number of benzene rings is 1. The van der Waals surface area contributed by atoms with Gasteiger partial charge in [-0.15, -0.1) is 0 Å². The summed E-state index contributed by atoms with van der Waals surface area (Å²) in [6.45, 7) is 5.30. The maximum absolute atomic E-state index is 12.7. The van der Waals surface area contributed by atoms with Crippen LogP contribution < -0.4 is 10.6 Å². The molecule has 1 aliphatic heterocycles. The standard InChI is InChI=1S/C20H24N4O2/c1-14-6-8-24(9-7-14)20(26)16-10-19(13-21-12-16)23-18-5-3-4-17(11-18)22-15(2)25/h3-5,10-14,23H,6-9H2,1-2H3,(H,22,25). The fourth-order valence-corrected chi connectivity index (χ4v) is 3.06. The highest BCUT2D eigenvalue weighted by Crippen LogP contribution is 2.22. The van der Waals surface area contributed by atoms with E-state index in [1.807, 2.05) is 35.2 Å². The van der Waals surface area contributed by atoms with Gasteiger partial charge in [-0.1, -0.05) is 13.0 Å². The SMILES string of the molecule is CC(=O)Nc1cccc(Nc2cncc(C(=O)N3CCC(C)CC3)c2)c1. The third-order valence-corrected chi connectivity index (χ3v) is 4.53. The Hall–Kier alpha value is -2.89. The number of nitrogens with one attached hydrogen (secondary N) is 2. The molecule has 3 rings (SSSR count). The Balaban J connectivity index is 1.71. The van der Waals surface area contributed by atoms with Gasteiger partial charge in [-0.25, -0.2) is 0 Å². The van der Waals surface area contributed by atoms with Gasteiger partial charge in [0.2, 0.25) is 5.91 Å². The first-order chi connectivity index (χ1) is 12.5. The number of carbonyl (C=O) groups is 2. The lowest BCUT2D eigenvalue weighted by atomic mass is 9.99. The Labute approximate surface area is 153 Å². The summed E-state index contributed by atoms with van der Waals surface area (Å²) in [5.41, 5.74) is 2.85. The quantitative estimate of drug-likeness (QED) is 0.881. The van der Waals surface area contributed by atoms with Crippen molar-refractivity contribution < 1.29 is 9.59 Å². The number of anilines is 3.